The van der Waals surface area contributed by atoms with Gasteiger partial charge in [0.15, 0.2) is 0 Å². The summed E-state index contributed by atoms with van der Waals surface area (Å²) in [7, 11) is 0. The van der Waals surface area contributed by atoms with Crippen LogP contribution in [0.2, 0.25) is 0 Å². The molecule has 0 saturated heterocycles. The fraction of sp³-hybridized carbons (Fsp3) is 0.412. The fourth-order valence-corrected chi connectivity index (χ4v) is 2.32. The number of terminal acetylenes is 1. The van der Waals surface area contributed by atoms with Crippen LogP contribution in [0.1, 0.15) is 24.8 Å². The molecule has 0 spiro atoms. The second-order valence-corrected chi connectivity index (χ2v) is 5.58. The molecule has 0 fully saturated rings. The molecule has 1 aromatic rings. The van der Waals surface area contributed by atoms with Gasteiger partial charge in [-0.1, -0.05) is 59.0 Å². The quantitative estimate of drug-likeness (QED) is 0.268. The van der Waals surface area contributed by atoms with E-state index in [-0.39, 0.29) is 12.0 Å². The van der Waals surface area contributed by atoms with Crippen LogP contribution in [-0.4, -0.2) is 10.5 Å². The van der Waals surface area contributed by atoms with Crippen LogP contribution in [0.3, 0.4) is 0 Å². The van der Waals surface area contributed by atoms with E-state index in [4.69, 9.17) is 11.2 Å². The topological polar surface area (TPSA) is 9.23 Å². The normalized spacial score (nSPS) is 13.5. The van der Waals surface area contributed by atoms with E-state index in [1.54, 1.807) is 0 Å². The molecule has 0 aliphatic carbocycles. The van der Waals surface area contributed by atoms with Crippen molar-refractivity contribution in [2.45, 2.75) is 32.0 Å². The van der Waals surface area contributed by atoms with Gasteiger partial charge < -0.3 is 4.74 Å². The van der Waals surface area contributed by atoms with Crippen molar-refractivity contribution in [3.8, 4) is 12.3 Å². The summed E-state index contributed by atoms with van der Waals surface area (Å²) < 4.78 is 7.03. The molecular weight excluding hydrogens is 347 g/mol. The molecule has 1 nitrogen and oxygen atoms in total. The van der Waals surface area contributed by atoms with Crippen LogP contribution in [0.15, 0.2) is 43.0 Å². The molecule has 2 atom stereocenters. The predicted octanol–water partition coefficient (Wildman–Crippen LogP) is 4.61. The van der Waals surface area contributed by atoms with Crippen LogP contribution in [0.5, 0.6) is 0 Å². The highest BCUT2D eigenvalue weighted by Gasteiger charge is 2.12. The summed E-state index contributed by atoms with van der Waals surface area (Å²) >= 11 is 2.38. The largest absolute Gasteiger partial charge is 0.369 e. The van der Waals surface area contributed by atoms with Crippen molar-refractivity contribution in [3.63, 3.8) is 0 Å². The lowest BCUT2D eigenvalue weighted by molar-refractivity contribution is 0.0596. The zero-order valence-corrected chi connectivity index (χ0v) is 13.4. The average molecular weight is 368 g/mol. The van der Waals surface area contributed by atoms with E-state index in [2.05, 4.69) is 47.2 Å². The molecule has 0 radical (unpaired) electrons. The van der Waals surface area contributed by atoms with E-state index < -0.39 is 0 Å². The monoisotopic (exact) mass is 368 g/mol. The molecule has 0 amide bonds. The third-order valence-electron chi connectivity index (χ3n) is 3.01. The Morgan fingerprint density at radius 1 is 1.37 bits per heavy atom. The highest BCUT2D eigenvalue weighted by atomic mass is 127. The minimum atomic E-state index is 0.0375. The maximum absolute atomic E-state index is 5.87. The Bertz CT molecular complexity index is 393. The SMILES string of the molecule is C#C[C@@H](CCCI)C[C@H](C=C)OCc1ccccc1. The Labute approximate surface area is 130 Å². The van der Waals surface area contributed by atoms with Gasteiger partial charge in [-0.15, -0.1) is 18.9 Å². The Morgan fingerprint density at radius 2 is 2.11 bits per heavy atom. The minimum absolute atomic E-state index is 0.0375. The van der Waals surface area contributed by atoms with E-state index in [0.29, 0.717) is 6.61 Å². The van der Waals surface area contributed by atoms with Crippen LogP contribution in [0, 0.1) is 18.3 Å². The number of hydrogen-bond donors (Lipinski definition) is 0. The molecule has 1 aromatic carbocycles. The van der Waals surface area contributed by atoms with Gasteiger partial charge >= 0.3 is 0 Å². The van der Waals surface area contributed by atoms with E-state index >= 15 is 0 Å². The molecule has 0 aliphatic heterocycles. The summed E-state index contributed by atoms with van der Waals surface area (Å²) in [6.07, 6.45) is 10.6. The Balaban J connectivity index is 2.40. The van der Waals surface area contributed by atoms with Gasteiger partial charge in [0.1, 0.15) is 0 Å². The Morgan fingerprint density at radius 3 is 2.68 bits per heavy atom. The molecule has 0 aromatic heterocycles. The molecule has 0 bridgehead atoms. The Hall–Kier alpha value is -0.790. The second-order valence-electron chi connectivity index (χ2n) is 4.50. The van der Waals surface area contributed by atoms with Crippen LogP contribution >= 0.6 is 22.6 Å². The molecule has 0 unspecified atom stereocenters. The van der Waals surface area contributed by atoms with Crippen LogP contribution < -0.4 is 0 Å². The summed E-state index contributed by atoms with van der Waals surface area (Å²) in [5.74, 6) is 3.15. The standard InChI is InChI=1S/C17H21IO/c1-3-15(11-8-12-18)13-17(4-2)19-14-16-9-6-5-7-10-16/h1,4-7,9-10,15,17H,2,8,11-14H2/t15-,17-/m0/s1. The smallest absolute Gasteiger partial charge is 0.0769 e. The first-order chi connectivity index (χ1) is 9.30. The molecule has 0 heterocycles. The van der Waals surface area contributed by atoms with Crippen molar-refractivity contribution < 1.29 is 4.74 Å². The minimum Gasteiger partial charge on any atom is -0.369 e. The van der Waals surface area contributed by atoms with Gasteiger partial charge in [0, 0.05) is 5.92 Å². The van der Waals surface area contributed by atoms with Gasteiger partial charge in [-0.05, 0) is 29.3 Å². The number of benzene rings is 1. The molecule has 0 aliphatic rings. The summed E-state index contributed by atoms with van der Waals surface area (Å²) in [5, 5.41) is 0. The number of ether oxygens (including phenoxy) is 1. The van der Waals surface area contributed by atoms with Gasteiger partial charge in [-0.2, -0.15) is 0 Å². The van der Waals surface area contributed by atoms with E-state index in [0.717, 1.165) is 23.7 Å². The molecule has 2 heteroatoms. The zero-order chi connectivity index (χ0) is 13.9. The molecule has 102 valence electrons. The van der Waals surface area contributed by atoms with Crippen LogP contribution in [-0.2, 0) is 11.3 Å². The van der Waals surface area contributed by atoms with Gasteiger partial charge in [0.2, 0.25) is 0 Å². The van der Waals surface area contributed by atoms with Crippen LogP contribution in [0.25, 0.3) is 0 Å². The zero-order valence-electron chi connectivity index (χ0n) is 11.2. The summed E-state index contributed by atoms with van der Waals surface area (Å²) in [5.41, 5.74) is 1.18. The molecule has 1 rings (SSSR count). The molecule has 0 saturated carbocycles. The summed E-state index contributed by atoms with van der Waals surface area (Å²) in [4.78, 5) is 0. The van der Waals surface area contributed by atoms with Crippen molar-refractivity contribution in [3.05, 3.63) is 48.6 Å². The van der Waals surface area contributed by atoms with Gasteiger partial charge in [-0.3, -0.25) is 0 Å². The predicted molar refractivity (Wildman–Crippen MR) is 90.3 cm³/mol. The van der Waals surface area contributed by atoms with Crippen molar-refractivity contribution in [2.24, 2.45) is 5.92 Å². The van der Waals surface area contributed by atoms with Crippen molar-refractivity contribution >= 4 is 22.6 Å². The third kappa shape index (κ3) is 6.79. The lowest BCUT2D eigenvalue weighted by atomic mass is 9.97. The van der Waals surface area contributed by atoms with Gasteiger partial charge in [-0.25, -0.2) is 0 Å². The second kappa shape index (κ2) is 10.1. The fourth-order valence-electron chi connectivity index (χ4n) is 1.88. The highest BCUT2D eigenvalue weighted by molar-refractivity contribution is 14.1. The number of halogens is 1. The van der Waals surface area contributed by atoms with Crippen molar-refractivity contribution in [2.75, 3.05) is 4.43 Å². The van der Waals surface area contributed by atoms with Crippen LogP contribution in [0.4, 0.5) is 0 Å². The lowest BCUT2D eigenvalue weighted by Crippen LogP contribution is -2.15. The molecule has 19 heavy (non-hydrogen) atoms. The van der Waals surface area contributed by atoms with E-state index in [1.165, 1.54) is 5.56 Å². The highest BCUT2D eigenvalue weighted by Crippen LogP contribution is 2.17. The van der Waals surface area contributed by atoms with E-state index in [1.807, 2.05) is 24.3 Å². The maximum atomic E-state index is 5.87. The third-order valence-corrected chi connectivity index (χ3v) is 3.77. The van der Waals surface area contributed by atoms with Crippen molar-refractivity contribution in [1.82, 2.24) is 0 Å². The maximum Gasteiger partial charge on any atom is 0.0769 e. The number of rotatable bonds is 9. The lowest BCUT2D eigenvalue weighted by Gasteiger charge is -2.18. The number of hydrogen-bond acceptors (Lipinski definition) is 1. The molecule has 0 N–H and O–H groups in total. The van der Waals surface area contributed by atoms with Crippen molar-refractivity contribution in [1.29, 1.82) is 0 Å². The molecular formula is C17H21IO. The first-order valence-corrected chi connectivity index (χ1v) is 8.13. The van der Waals surface area contributed by atoms with Gasteiger partial charge in [0.25, 0.3) is 0 Å². The summed E-state index contributed by atoms with van der Waals surface area (Å²) in [6, 6.07) is 10.2. The van der Waals surface area contributed by atoms with E-state index in [9.17, 15) is 0 Å². The first-order valence-electron chi connectivity index (χ1n) is 6.60. The number of alkyl halides is 1. The summed E-state index contributed by atoms with van der Waals surface area (Å²) in [6.45, 7) is 4.46. The van der Waals surface area contributed by atoms with Gasteiger partial charge in [0.05, 0.1) is 12.7 Å². The average Bonchev–Trinajstić information content (AvgIpc) is 2.47. The first kappa shape index (κ1) is 16.3. The Kier molecular flexibility index (Phi) is 8.61.